The normalized spacial score (nSPS) is 22.1. The lowest BCUT2D eigenvalue weighted by Gasteiger charge is -2.42. The molecule has 3 aromatic rings. The van der Waals surface area contributed by atoms with Gasteiger partial charge in [-0.15, -0.1) is 11.3 Å². The van der Waals surface area contributed by atoms with E-state index in [0.29, 0.717) is 42.7 Å². The zero-order valence-electron chi connectivity index (χ0n) is 55.1. The van der Waals surface area contributed by atoms with E-state index in [0.717, 1.165) is 22.7 Å². The van der Waals surface area contributed by atoms with Crippen LogP contribution in [0.25, 0.3) is 0 Å². The minimum atomic E-state index is -2.02. The summed E-state index contributed by atoms with van der Waals surface area (Å²) in [6.07, 6.45) is -5.66. The summed E-state index contributed by atoms with van der Waals surface area (Å²) in [5, 5.41) is 55.7. The van der Waals surface area contributed by atoms with E-state index in [-0.39, 0.29) is 71.5 Å². The number of carbonyl (C=O) groups excluding carboxylic acids is 8. The van der Waals surface area contributed by atoms with Crippen LogP contribution < -0.4 is 31.7 Å². The van der Waals surface area contributed by atoms with Gasteiger partial charge in [0, 0.05) is 82.5 Å². The molecule has 4 heterocycles. The molecule has 4 unspecified atom stereocenters. The van der Waals surface area contributed by atoms with Crippen molar-refractivity contribution in [3.8, 4) is 5.75 Å². The van der Waals surface area contributed by atoms with Gasteiger partial charge in [0.2, 0.25) is 35.8 Å². The molecule has 2 saturated heterocycles. The summed E-state index contributed by atoms with van der Waals surface area (Å²) in [6.45, 7) is 13.0. The second-order valence-corrected chi connectivity index (χ2v) is 26.4. The highest BCUT2D eigenvalue weighted by Crippen LogP contribution is 2.35. The van der Waals surface area contributed by atoms with Crippen molar-refractivity contribution in [1.82, 2.24) is 35.6 Å². The number of aliphatic hydroxyl groups excluding tert-OH is 3. The molecule has 8 amide bonds. The first-order valence-corrected chi connectivity index (χ1v) is 32.4. The number of hydrogen-bond donors (Lipinski definition) is 9. The van der Waals surface area contributed by atoms with Crippen LogP contribution in [0.2, 0.25) is 0 Å². The molecule has 0 radical (unpaired) electrons. The largest absolute Gasteiger partial charge is 0.479 e. The minimum Gasteiger partial charge on any atom is -0.479 e. The number of ether oxygens (including phenoxy) is 4. The van der Waals surface area contributed by atoms with Gasteiger partial charge in [-0.1, -0.05) is 85.2 Å². The number of aliphatic carboxylic acids is 1. The summed E-state index contributed by atoms with van der Waals surface area (Å²) in [5.41, 5.74) is 7.25. The van der Waals surface area contributed by atoms with Gasteiger partial charge < -0.3 is 80.7 Å². The molecule has 0 bridgehead atoms. The predicted octanol–water partition coefficient (Wildman–Crippen LogP) is 1.87. The van der Waals surface area contributed by atoms with Crippen LogP contribution in [0.3, 0.4) is 0 Å². The van der Waals surface area contributed by atoms with Crippen LogP contribution in [0.15, 0.2) is 72.3 Å². The number of quaternary nitrogens is 1. The number of hydrogen-bond acceptors (Lipinski definition) is 19. The highest BCUT2D eigenvalue weighted by atomic mass is 32.1. The number of aromatic nitrogens is 1. The van der Waals surface area contributed by atoms with Gasteiger partial charge in [-0.2, -0.15) is 0 Å². The number of nitrogens with zero attached hydrogens (tertiary/aromatic N) is 5. The third-order valence-corrected chi connectivity index (χ3v) is 18.7. The van der Waals surface area contributed by atoms with Crippen LogP contribution >= 0.6 is 11.3 Å². The van der Waals surface area contributed by atoms with Crippen LogP contribution in [0.4, 0.5) is 5.69 Å². The van der Waals surface area contributed by atoms with Crippen molar-refractivity contribution in [1.29, 1.82) is 0 Å². The van der Waals surface area contributed by atoms with Crippen molar-refractivity contribution in [2.45, 2.75) is 173 Å². The quantitative estimate of drug-likeness (QED) is 0.0310. The number of methoxy groups -OCH3 is 2. The minimum absolute atomic E-state index is 0.0255. The molecule has 6 rings (SSSR count). The third-order valence-electron chi connectivity index (χ3n) is 17.8. The molecule has 3 aliphatic heterocycles. The van der Waals surface area contributed by atoms with Gasteiger partial charge in [0.1, 0.15) is 47.7 Å². The van der Waals surface area contributed by atoms with Gasteiger partial charge in [0.25, 0.3) is 17.7 Å². The Kier molecular flexibility index (Phi) is 27.1. The van der Waals surface area contributed by atoms with Gasteiger partial charge in [0.15, 0.2) is 12.1 Å². The summed E-state index contributed by atoms with van der Waals surface area (Å²) in [4.78, 5) is 131. The number of amides is 8. The Bertz CT molecular complexity index is 3080. The van der Waals surface area contributed by atoms with Gasteiger partial charge in [-0.05, 0) is 54.9 Å². The fraction of sp³-hybridized carbons (Fsp3) is 0.600. The first-order valence-electron chi connectivity index (χ1n) is 31.5. The fourth-order valence-corrected chi connectivity index (χ4v) is 13.6. The van der Waals surface area contributed by atoms with Crippen molar-refractivity contribution in [2.75, 3.05) is 60.3 Å². The molecule has 10 N–H and O–H groups in total. The lowest BCUT2D eigenvalue weighted by Crippen LogP contribution is -2.63. The number of likely N-dealkylation sites (N-methyl/N-ethyl adjacent to an activating group) is 2. The fourth-order valence-electron chi connectivity index (χ4n) is 12.9. The number of aliphatic hydroxyl groups is 3. The van der Waals surface area contributed by atoms with E-state index >= 15 is 4.79 Å². The molecule has 512 valence electrons. The van der Waals surface area contributed by atoms with Crippen molar-refractivity contribution in [3.63, 3.8) is 0 Å². The standard InChI is InChI=1S/C65H94N10O17S/c1-13-37(6)52(46(89-11)32-50(79)73-28-17-20-43(73)57(90-12)38(7)59(83)70-42(62-68-27-29-93-62)30-39-18-15-14-16-19-39)72(8)63(86)51(35(2)3)71-61(85)53(36(4)5)75(9,10)34-40-21-22-45(91-65-56(82)54(80)55(81)58(92-65)64(87)88)41(31-40)69-47(76)25-26-67-60(84)44(33-66)74-48(77)23-24-49(74)78/h14-16,18-19,21-24,27,29,31,35-38,42-44,46,51-58,65,80-82H,13,17,20,25-26,28,30,32-34,66H2,1-12H3,(H4-,67,69,70,71,76,83,84,85,87,88)/p+1/t37-,38+,42-,43?,44?,46+,51?,52-,53?,54-,55-,56+,57+,58-,65+/m0/s1. The van der Waals surface area contributed by atoms with Crippen molar-refractivity contribution in [2.24, 2.45) is 29.4 Å². The number of anilines is 1. The number of rotatable bonds is 33. The van der Waals surface area contributed by atoms with Crippen molar-refractivity contribution < 1.29 is 87.0 Å². The molecule has 2 aromatic carbocycles. The van der Waals surface area contributed by atoms with Crippen LogP contribution in [0, 0.1) is 23.7 Å². The predicted molar refractivity (Wildman–Crippen MR) is 342 cm³/mol. The van der Waals surface area contributed by atoms with E-state index in [1.165, 1.54) is 30.6 Å². The van der Waals surface area contributed by atoms with E-state index in [1.54, 1.807) is 43.1 Å². The second kappa shape index (κ2) is 33.7. The molecule has 0 spiro atoms. The molecule has 15 atom stereocenters. The van der Waals surface area contributed by atoms with Crippen LogP contribution in [0.5, 0.6) is 5.75 Å². The first kappa shape index (κ1) is 74.8. The highest BCUT2D eigenvalue weighted by Gasteiger charge is 2.49. The molecule has 0 saturated carbocycles. The average Bonchev–Trinajstić information content (AvgIpc) is 1.41. The first-order chi connectivity index (χ1) is 44.0. The Labute approximate surface area is 547 Å². The summed E-state index contributed by atoms with van der Waals surface area (Å²) < 4.78 is 23.5. The maximum Gasteiger partial charge on any atom is 0.335 e. The zero-order chi connectivity index (χ0) is 68.8. The van der Waals surface area contributed by atoms with Gasteiger partial charge in [-0.25, -0.2) is 9.78 Å². The number of nitrogens with one attached hydrogen (secondary N) is 4. The summed E-state index contributed by atoms with van der Waals surface area (Å²) in [6, 6.07) is 9.65. The van der Waals surface area contributed by atoms with Crippen LogP contribution in [0.1, 0.15) is 103 Å². The van der Waals surface area contributed by atoms with Crippen LogP contribution in [-0.2, 0) is 70.3 Å². The highest BCUT2D eigenvalue weighted by molar-refractivity contribution is 7.09. The average molecular weight is 1320 g/mol. The lowest BCUT2D eigenvalue weighted by atomic mass is 9.89. The number of carboxylic acid groups (broad SMARTS) is 1. The smallest absolute Gasteiger partial charge is 0.335 e. The molecule has 27 nitrogen and oxygen atoms in total. The number of carboxylic acids is 1. The molecular formula is C65H95N10O17S+. The number of likely N-dealkylation sites (tertiary alicyclic amines) is 1. The summed E-state index contributed by atoms with van der Waals surface area (Å²) in [5.74, 6) is -7.71. The van der Waals surface area contributed by atoms with E-state index < -0.39 is 133 Å². The number of thiazole rings is 1. The van der Waals surface area contributed by atoms with Gasteiger partial charge in [0.05, 0.1) is 62.5 Å². The Morgan fingerprint density at radius 1 is 0.871 bits per heavy atom. The molecule has 93 heavy (non-hydrogen) atoms. The van der Waals surface area contributed by atoms with E-state index in [9.17, 15) is 58.8 Å². The molecule has 0 aliphatic carbocycles. The van der Waals surface area contributed by atoms with E-state index in [2.05, 4.69) is 26.3 Å². The van der Waals surface area contributed by atoms with Crippen molar-refractivity contribution in [3.05, 3.63) is 88.4 Å². The maximum atomic E-state index is 15.1. The van der Waals surface area contributed by atoms with E-state index in [4.69, 9.17) is 24.7 Å². The Hall–Kier alpha value is -7.28. The van der Waals surface area contributed by atoms with Gasteiger partial charge in [-0.3, -0.25) is 43.3 Å². The number of nitrogens with two attached hydrogens (primary N) is 1. The molecule has 2 fully saturated rings. The topological polar surface area (TPSA) is 368 Å². The lowest BCUT2D eigenvalue weighted by molar-refractivity contribution is -0.922. The third kappa shape index (κ3) is 18.6. The number of imide groups is 1. The monoisotopic (exact) mass is 1320 g/mol. The zero-order valence-corrected chi connectivity index (χ0v) is 55.9. The Morgan fingerprint density at radius 2 is 1.55 bits per heavy atom. The number of benzene rings is 2. The SMILES string of the molecule is CC[C@H](C)[C@@H]([C@@H](CC(=O)N1CCCC1[C@H](OC)[C@@H](C)C(=O)N[C@@H](Cc1ccccc1)c1nccs1)OC)N(C)C(=O)C(NC(=O)C(C(C)C)[N+](C)(C)Cc1ccc(O[C@@H]2O[C@H](C(=O)O)[C@@H](O)[C@H](O)[C@H]2O)c(NC(=O)CCNC(=O)C(CN)N2C(=O)C=CC2=O)c1)C(C)C. The molecular weight excluding hydrogens is 1220 g/mol. The van der Waals surface area contributed by atoms with Gasteiger partial charge >= 0.3 is 5.97 Å². The summed E-state index contributed by atoms with van der Waals surface area (Å²) >= 11 is 1.46. The Balaban J connectivity index is 1.17. The maximum absolute atomic E-state index is 15.1. The molecule has 1 aromatic heterocycles. The van der Waals surface area contributed by atoms with Crippen LogP contribution in [-0.4, -0.2) is 226 Å². The second-order valence-electron chi connectivity index (χ2n) is 25.5. The molecule has 3 aliphatic rings. The number of carbonyl (C=O) groups is 9. The summed E-state index contributed by atoms with van der Waals surface area (Å²) in [7, 11) is 8.34. The molecule has 28 heteroatoms. The van der Waals surface area contributed by atoms with E-state index in [1.807, 2.05) is 91.3 Å². The van der Waals surface area contributed by atoms with Crippen molar-refractivity contribution >= 4 is 70.3 Å². The Morgan fingerprint density at radius 3 is 2.13 bits per heavy atom.